The highest BCUT2D eigenvalue weighted by Crippen LogP contribution is 2.20. The monoisotopic (exact) mass is 293 g/mol. The number of carbonyl (C=O) groups is 1. The van der Waals surface area contributed by atoms with E-state index in [1.165, 1.54) is 0 Å². The SMILES string of the molecule is Cc1cc(C(=O)N2CC[C@@H](CN(C)C)[C@H](O)C2)nc(N)n1. The molecule has 1 amide bonds. The van der Waals surface area contributed by atoms with Gasteiger partial charge < -0.3 is 20.6 Å². The predicted octanol–water partition coefficient (Wildman–Crippen LogP) is -0.248. The van der Waals surface area contributed by atoms with E-state index in [9.17, 15) is 9.90 Å². The average molecular weight is 293 g/mol. The van der Waals surface area contributed by atoms with Crippen molar-refractivity contribution in [1.82, 2.24) is 19.8 Å². The van der Waals surface area contributed by atoms with Crippen LogP contribution in [0.2, 0.25) is 0 Å². The van der Waals surface area contributed by atoms with Crippen molar-refractivity contribution < 1.29 is 9.90 Å². The number of aliphatic hydroxyl groups is 1. The van der Waals surface area contributed by atoms with Gasteiger partial charge in [0, 0.05) is 31.2 Å². The van der Waals surface area contributed by atoms with Gasteiger partial charge in [-0.2, -0.15) is 0 Å². The van der Waals surface area contributed by atoms with Gasteiger partial charge in [0.25, 0.3) is 5.91 Å². The molecule has 2 rings (SSSR count). The van der Waals surface area contributed by atoms with Crippen molar-refractivity contribution in [2.75, 3.05) is 39.5 Å². The Morgan fingerprint density at radius 1 is 1.52 bits per heavy atom. The van der Waals surface area contributed by atoms with Gasteiger partial charge in [-0.25, -0.2) is 9.97 Å². The maximum Gasteiger partial charge on any atom is 0.272 e. The van der Waals surface area contributed by atoms with Crippen molar-refractivity contribution in [2.45, 2.75) is 19.4 Å². The molecule has 0 radical (unpaired) electrons. The molecule has 0 aromatic carbocycles. The third kappa shape index (κ3) is 3.89. The molecule has 1 aliphatic heterocycles. The normalized spacial score (nSPS) is 22.6. The van der Waals surface area contributed by atoms with Crippen LogP contribution >= 0.6 is 0 Å². The first-order valence-corrected chi connectivity index (χ1v) is 7.10. The number of amides is 1. The molecule has 0 bridgehead atoms. The van der Waals surface area contributed by atoms with Crippen LogP contribution in [-0.4, -0.2) is 70.6 Å². The number of piperidine rings is 1. The van der Waals surface area contributed by atoms with Gasteiger partial charge in [0.1, 0.15) is 5.69 Å². The molecule has 7 nitrogen and oxygen atoms in total. The first-order valence-electron chi connectivity index (χ1n) is 7.10. The Balaban J connectivity index is 2.05. The van der Waals surface area contributed by atoms with Gasteiger partial charge in [0.2, 0.25) is 5.95 Å². The second-order valence-electron chi connectivity index (χ2n) is 5.88. The zero-order chi connectivity index (χ0) is 15.6. The molecule has 1 fully saturated rings. The molecule has 0 spiro atoms. The van der Waals surface area contributed by atoms with Gasteiger partial charge in [-0.1, -0.05) is 0 Å². The van der Waals surface area contributed by atoms with E-state index in [0.717, 1.165) is 13.0 Å². The number of nitrogens with two attached hydrogens (primary N) is 1. The number of anilines is 1. The first kappa shape index (κ1) is 15.7. The first-order chi connectivity index (χ1) is 9.86. The number of likely N-dealkylation sites (tertiary alicyclic amines) is 1. The lowest BCUT2D eigenvalue weighted by Gasteiger charge is -2.36. The Hall–Kier alpha value is -1.73. The summed E-state index contributed by atoms with van der Waals surface area (Å²) in [4.78, 5) is 24.1. The Kier molecular flexibility index (Phi) is 4.74. The Morgan fingerprint density at radius 3 is 2.81 bits per heavy atom. The van der Waals surface area contributed by atoms with Crippen LogP contribution in [0.25, 0.3) is 0 Å². The molecule has 0 saturated carbocycles. The summed E-state index contributed by atoms with van der Waals surface area (Å²) in [6.07, 6.45) is 0.273. The van der Waals surface area contributed by atoms with E-state index in [2.05, 4.69) is 14.9 Å². The van der Waals surface area contributed by atoms with E-state index in [4.69, 9.17) is 5.73 Å². The number of carbonyl (C=O) groups excluding carboxylic acids is 1. The van der Waals surface area contributed by atoms with Gasteiger partial charge in [-0.05, 0) is 33.5 Å². The fraction of sp³-hybridized carbons (Fsp3) is 0.643. The lowest BCUT2D eigenvalue weighted by molar-refractivity contribution is 0.0122. The Bertz CT molecular complexity index is 500. The third-order valence-corrected chi connectivity index (χ3v) is 3.70. The summed E-state index contributed by atoms with van der Waals surface area (Å²) < 4.78 is 0. The van der Waals surface area contributed by atoms with Gasteiger partial charge in [-0.15, -0.1) is 0 Å². The number of aromatic nitrogens is 2. The number of hydrogen-bond donors (Lipinski definition) is 2. The number of aliphatic hydroxyl groups excluding tert-OH is 1. The van der Waals surface area contributed by atoms with Gasteiger partial charge in [0.15, 0.2) is 0 Å². The molecule has 1 aromatic rings. The number of nitrogen functional groups attached to an aromatic ring is 1. The molecule has 1 saturated heterocycles. The smallest absolute Gasteiger partial charge is 0.272 e. The minimum atomic E-state index is -0.509. The molecule has 2 heterocycles. The molecule has 0 aliphatic carbocycles. The van der Waals surface area contributed by atoms with Crippen LogP contribution in [0.15, 0.2) is 6.07 Å². The van der Waals surface area contributed by atoms with E-state index < -0.39 is 6.10 Å². The zero-order valence-corrected chi connectivity index (χ0v) is 12.8. The minimum Gasteiger partial charge on any atom is -0.391 e. The summed E-state index contributed by atoms with van der Waals surface area (Å²) in [5.41, 5.74) is 6.53. The molecule has 21 heavy (non-hydrogen) atoms. The molecular formula is C14H23N5O2. The molecule has 1 aromatic heterocycles. The maximum atomic E-state index is 12.4. The van der Waals surface area contributed by atoms with Crippen molar-refractivity contribution >= 4 is 11.9 Å². The van der Waals surface area contributed by atoms with Crippen molar-refractivity contribution in [3.63, 3.8) is 0 Å². The molecule has 7 heteroatoms. The van der Waals surface area contributed by atoms with Gasteiger partial charge in [-0.3, -0.25) is 4.79 Å². The quantitative estimate of drug-likeness (QED) is 0.798. The fourth-order valence-corrected chi connectivity index (χ4v) is 2.71. The summed E-state index contributed by atoms with van der Waals surface area (Å²) >= 11 is 0. The van der Waals surface area contributed by atoms with E-state index in [0.29, 0.717) is 24.5 Å². The molecular weight excluding hydrogens is 270 g/mol. The average Bonchev–Trinajstić information content (AvgIpc) is 2.38. The van der Waals surface area contributed by atoms with Crippen molar-refractivity contribution in [3.05, 3.63) is 17.5 Å². The number of hydrogen-bond acceptors (Lipinski definition) is 6. The van der Waals surface area contributed by atoms with Crippen molar-refractivity contribution in [2.24, 2.45) is 5.92 Å². The van der Waals surface area contributed by atoms with Crippen LogP contribution in [0.5, 0.6) is 0 Å². The van der Waals surface area contributed by atoms with E-state index in [-0.39, 0.29) is 17.8 Å². The van der Waals surface area contributed by atoms with Crippen LogP contribution in [0.3, 0.4) is 0 Å². The summed E-state index contributed by atoms with van der Waals surface area (Å²) in [6.45, 7) is 3.55. The van der Waals surface area contributed by atoms with Crippen molar-refractivity contribution in [3.8, 4) is 0 Å². The number of β-amino-alcohol motifs (C(OH)–C–C–N with tert-alkyl or cyclic N) is 1. The topological polar surface area (TPSA) is 95.6 Å². The molecule has 3 N–H and O–H groups in total. The number of rotatable bonds is 3. The van der Waals surface area contributed by atoms with Crippen LogP contribution in [0, 0.1) is 12.8 Å². The zero-order valence-electron chi connectivity index (χ0n) is 12.8. The van der Waals surface area contributed by atoms with Crippen LogP contribution < -0.4 is 5.73 Å². The Morgan fingerprint density at radius 2 is 2.24 bits per heavy atom. The second-order valence-corrected chi connectivity index (χ2v) is 5.88. The minimum absolute atomic E-state index is 0.0985. The molecule has 116 valence electrons. The predicted molar refractivity (Wildman–Crippen MR) is 79.8 cm³/mol. The number of nitrogens with zero attached hydrogens (tertiary/aromatic N) is 4. The van der Waals surface area contributed by atoms with Crippen molar-refractivity contribution in [1.29, 1.82) is 0 Å². The number of aryl methyl sites for hydroxylation is 1. The summed E-state index contributed by atoms with van der Waals surface area (Å²) in [5, 5.41) is 10.2. The largest absolute Gasteiger partial charge is 0.391 e. The lowest BCUT2D eigenvalue weighted by Crippen LogP contribution is -2.49. The maximum absolute atomic E-state index is 12.4. The molecule has 1 aliphatic rings. The van der Waals surface area contributed by atoms with Crippen LogP contribution in [0.1, 0.15) is 22.6 Å². The highest BCUT2D eigenvalue weighted by atomic mass is 16.3. The third-order valence-electron chi connectivity index (χ3n) is 3.70. The molecule has 0 unspecified atom stereocenters. The highest BCUT2D eigenvalue weighted by molar-refractivity contribution is 5.92. The van der Waals surface area contributed by atoms with Gasteiger partial charge >= 0.3 is 0 Å². The Labute approximate surface area is 124 Å². The standard InChI is InChI=1S/C14H23N5O2/c1-9-6-11(17-14(15)16-9)13(21)19-5-4-10(7-18(2)3)12(20)8-19/h6,10,12,20H,4-5,7-8H2,1-3H3,(H2,15,16,17)/t10-,12+/m0/s1. The van der Waals surface area contributed by atoms with E-state index >= 15 is 0 Å². The van der Waals surface area contributed by atoms with Crippen LogP contribution in [-0.2, 0) is 0 Å². The fourth-order valence-electron chi connectivity index (χ4n) is 2.71. The van der Waals surface area contributed by atoms with Crippen LogP contribution in [0.4, 0.5) is 5.95 Å². The second kappa shape index (κ2) is 6.36. The summed E-state index contributed by atoms with van der Waals surface area (Å²) in [7, 11) is 3.97. The van der Waals surface area contributed by atoms with E-state index in [1.807, 2.05) is 14.1 Å². The van der Waals surface area contributed by atoms with Gasteiger partial charge in [0.05, 0.1) is 6.10 Å². The summed E-state index contributed by atoms with van der Waals surface area (Å²) in [6, 6.07) is 1.62. The highest BCUT2D eigenvalue weighted by Gasteiger charge is 2.31. The van der Waals surface area contributed by atoms with E-state index in [1.54, 1.807) is 17.9 Å². The summed E-state index contributed by atoms with van der Waals surface area (Å²) in [5.74, 6) is 0.0946. The lowest BCUT2D eigenvalue weighted by atomic mass is 9.93. The molecule has 2 atom stereocenters.